The van der Waals surface area contributed by atoms with Crippen LogP contribution in [0.5, 0.6) is 0 Å². The van der Waals surface area contributed by atoms with Crippen molar-refractivity contribution in [1.82, 2.24) is 15.1 Å². The Morgan fingerprint density at radius 2 is 0.929 bits per heavy atom. The van der Waals surface area contributed by atoms with E-state index in [1.165, 1.54) is 31.1 Å². The summed E-state index contributed by atoms with van der Waals surface area (Å²) < 4.78 is 29.0. The number of ether oxygens (including phenoxy) is 6. The molecule has 2 N–H and O–H groups in total. The summed E-state index contributed by atoms with van der Waals surface area (Å²) in [5.41, 5.74) is -2.48. The quantitative estimate of drug-likeness (QED) is 0.151. The van der Waals surface area contributed by atoms with Crippen molar-refractivity contribution in [1.29, 1.82) is 0 Å². The maximum atomic E-state index is 12.3. The van der Waals surface area contributed by atoms with Crippen molar-refractivity contribution in [3.05, 3.63) is 0 Å². The third-order valence-electron chi connectivity index (χ3n) is 12.0. The maximum Gasteiger partial charge on any atom is 0.519 e. The van der Waals surface area contributed by atoms with E-state index in [9.17, 15) is 43.5 Å². The van der Waals surface area contributed by atoms with Crippen LogP contribution in [0, 0.1) is 17.8 Å². The number of ketones is 2. The maximum absolute atomic E-state index is 12.3. The molecule has 3 aliphatic heterocycles. The van der Waals surface area contributed by atoms with Crippen LogP contribution in [0.4, 0.5) is 19.2 Å². The minimum Gasteiger partial charge on any atom is -0.480 e. The Kier molecular flexibility index (Phi) is 26.5. The molecule has 70 heavy (non-hydrogen) atoms. The van der Waals surface area contributed by atoms with Gasteiger partial charge in [0.15, 0.2) is 5.78 Å². The van der Waals surface area contributed by atoms with Gasteiger partial charge in [0.2, 0.25) is 0 Å². The first-order valence-corrected chi connectivity index (χ1v) is 24.4. The fraction of sp³-hybridized carbons (Fsp3) is 0.843. The monoisotopic (exact) mass is 1020 g/mol. The lowest BCUT2D eigenvalue weighted by atomic mass is 10.0. The molecule has 9 atom stereocenters. The summed E-state index contributed by atoms with van der Waals surface area (Å²) in [5.74, 6) is 0.899. The zero-order valence-corrected chi connectivity index (χ0v) is 45.2. The number of hydrogen-bond donors (Lipinski definition) is 2. The molecule has 6 fully saturated rings. The van der Waals surface area contributed by atoms with Crippen molar-refractivity contribution in [3.63, 3.8) is 0 Å². The van der Waals surface area contributed by atoms with Crippen LogP contribution in [0.1, 0.15) is 195 Å². The molecule has 3 saturated carbocycles. The Morgan fingerprint density at radius 3 is 1.26 bits per heavy atom. The van der Waals surface area contributed by atoms with Crippen molar-refractivity contribution >= 4 is 60.4 Å². The van der Waals surface area contributed by atoms with Gasteiger partial charge in [-0.2, -0.15) is 0 Å². The lowest BCUT2D eigenvalue weighted by Gasteiger charge is -2.31. The van der Waals surface area contributed by atoms with Crippen LogP contribution in [0.15, 0.2) is 0 Å². The summed E-state index contributed by atoms with van der Waals surface area (Å²) in [7, 11) is 0. The molecule has 3 saturated heterocycles. The van der Waals surface area contributed by atoms with Gasteiger partial charge < -0.3 is 38.8 Å². The van der Waals surface area contributed by atoms with Gasteiger partial charge in [0.05, 0.1) is 18.7 Å². The van der Waals surface area contributed by atoms with E-state index in [2.05, 4.69) is 14.8 Å². The summed E-state index contributed by atoms with van der Waals surface area (Å²) in [4.78, 5) is 93.4. The fourth-order valence-electron chi connectivity index (χ4n) is 9.58. The minimum absolute atomic E-state index is 0. The van der Waals surface area contributed by atoms with E-state index in [1.54, 1.807) is 88.0 Å². The van der Waals surface area contributed by atoms with Crippen LogP contribution in [0.2, 0.25) is 0 Å². The van der Waals surface area contributed by atoms with Crippen LogP contribution >= 0.6 is 12.4 Å². The van der Waals surface area contributed by atoms with Crippen molar-refractivity contribution in [2.75, 3.05) is 6.61 Å². The number of amides is 2. The number of nitrogens with zero attached hydrogens (tertiary/aromatic N) is 2. The van der Waals surface area contributed by atoms with Gasteiger partial charge in [-0.3, -0.25) is 24.2 Å². The number of carbonyl (C=O) groups excluding carboxylic acids is 7. The van der Waals surface area contributed by atoms with E-state index >= 15 is 0 Å². The zero-order chi connectivity index (χ0) is 52.1. The standard InChI is InChI=1S/C14H23NO3.C13H21NO4.C10H18O5.C9H15NO.C4H8O2.CH4.ClH/c1-9(16)12-8-10-6-5-7-11(10)15(12)13(17)18-14(2,3)4;1-13(2,3)18-12(17)14-9-6-4-5-8(9)7-10(14)11(15)16;1-9(2,3)14-7(11)13-8(12)15-10(4,5)6;1-6(11)9-5-7-3-2-4-8(7)10-9;1-3-6-4(2)5;;/h10-12H,5-8H2,1-4H3;8-10H,4-7H2,1-3H3,(H,15,16);1-6H3;7-10H,2-5H2,1H3;3H2,1-2H3;1H4;1H/t10-,11-,12-;8-,9-,10-;;7-,8-,9-;;;/m00.0.../s1. The largest absolute Gasteiger partial charge is 0.519 e. The molecule has 3 aliphatic carbocycles. The van der Waals surface area contributed by atoms with Gasteiger partial charge >= 0.3 is 36.4 Å². The highest BCUT2D eigenvalue weighted by atomic mass is 35.5. The molecule has 0 aromatic carbocycles. The van der Waals surface area contributed by atoms with E-state index in [0.29, 0.717) is 36.7 Å². The van der Waals surface area contributed by atoms with Crippen LogP contribution < -0.4 is 5.32 Å². The molecular weight excluding hydrogens is 930 g/mol. The molecule has 19 heteroatoms. The minimum atomic E-state index is -1.06. The smallest absolute Gasteiger partial charge is 0.480 e. The molecule has 6 aliphatic rings. The van der Waals surface area contributed by atoms with Crippen molar-refractivity contribution in [2.24, 2.45) is 17.8 Å². The number of nitrogens with one attached hydrogen (secondary N) is 1. The van der Waals surface area contributed by atoms with Gasteiger partial charge in [0, 0.05) is 25.0 Å². The van der Waals surface area contributed by atoms with E-state index in [4.69, 9.17) is 18.9 Å². The predicted octanol–water partition coefficient (Wildman–Crippen LogP) is 10.6. The predicted molar refractivity (Wildman–Crippen MR) is 267 cm³/mol. The summed E-state index contributed by atoms with van der Waals surface area (Å²) >= 11 is 0. The topological polar surface area (TPSA) is 231 Å². The number of carboxylic acid groups (broad SMARTS) is 1. The molecule has 6 rings (SSSR count). The second-order valence-corrected chi connectivity index (χ2v) is 22.6. The number of halogens is 1. The number of carbonyl (C=O) groups is 8. The second kappa shape index (κ2) is 28.2. The van der Waals surface area contributed by atoms with Gasteiger partial charge in [-0.05, 0) is 179 Å². The second-order valence-electron chi connectivity index (χ2n) is 22.6. The Balaban J connectivity index is 0.000000874. The van der Waals surface area contributed by atoms with Gasteiger partial charge in [0.1, 0.15) is 34.2 Å². The van der Waals surface area contributed by atoms with Gasteiger partial charge in [-0.25, -0.2) is 24.0 Å². The van der Waals surface area contributed by atoms with E-state index in [0.717, 1.165) is 57.3 Å². The third-order valence-corrected chi connectivity index (χ3v) is 12.0. The first-order chi connectivity index (χ1) is 31.1. The summed E-state index contributed by atoms with van der Waals surface area (Å²) in [6, 6.07) is 0.147. The summed E-state index contributed by atoms with van der Waals surface area (Å²) in [6.07, 6.45) is 9.82. The average molecular weight is 1020 g/mol. The SMILES string of the molecule is C.CC(=O)[C@@H]1C[C@@H]2CCC[C@@H]2N1.CC(=O)[C@@H]1C[C@@H]2CCC[C@@H]2N1C(=O)OC(C)(C)C.CC(C)(C)OC(=O)N1[C@H](C(=O)O)C[C@@H]2CCC[C@@H]21.CC(C)(C)OC(=O)OC(=O)OC(C)(C)C.CCOC(C)=O.Cl. The normalized spacial score (nSPS) is 26.0. The number of likely N-dealkylation sites (tertiary alicyclic amines) is 2. The summed E-state index contributed by atoms with van der Waals surface area (Å²) in [6.45, 7) is 27.9. The lowest BCUT2D eigenvalue weighted by Crippen LogP contribution is -2.47. The molecule has 3 heterocycles. The third kappa shape index (κ3) is 22.9. The highest BCUT2D eigenvalue weighted by Crippen LogP contribution is 2.43. The number of carboxylic acids is 1. The molecule has 406 valence electrons. The van der Waals surface area contributed by atoms with E-state index in [1.807, 2.05) is 20.8 Å². The van der Waals surface area contributed by atoms with Crippen LogP contribution in [0.25, 0.3) is 0 Å². The number of rotatable bonds is 4. The Bertz CT molecular complexity index is 1640. The molecule has 0 aromatic heterocycles. The highest BCUT2D eigenvalue weighted by Gasteiger charge is 2.51. The average Bonchev–Trinajstić information content (AvgIpc) is 3.98. The van der Waals surface area contributed by atoms with Crippen LogP contribution in [-0.2, 0) is 47.6 Å². The Labute approximate surface area is 424 Å². The van der Waals surface area contributed by atoms with Gasteiger partial charge in [0.25, 0.3) is 0 Å². The van der Waals surface area contributed by atoms with Crippen molar-refractivity contribution in [3.8, 4) is 0 Å². The van der Waals surface area contributed by atoms with Crippen LogP contribution in [-0.4, -0.2) is 128 Å². The number of hydrogen-bond acceptors (Lipinski definition) is 15. The van der Waals surface area contributed by atoms with Gasteiger partial charge in [-0.15, -0.1) is 12.4 Å². The molecule has 0 aromatic rings. The lowest BCUT2D eigenvalue weighted by molar-refractivity contribution is -0.142. The molecule has 0 spiro atoms. The number of fused-ring (bicyclic) bond motifs is 3. The molecule has 0 radical (unpaired) electrons. The van der Waals surface area contributed by atoms with Crippen molar-refractivity contribution < 1.29 is 71.9 Å². The van der Waals surface area contributed by atoms with Crippen LogP contribution in [0.3, 0.4) is 0 Å². The summed E-state index contributed by atoms with van der Waals surface area (Å²) in [5, 5.41) is 12.6. The fourth-order valence-corrected chi connectivity index (χ4v) is 9.58. The van der Waals surface area contributed by atoms with Crippen molar-refractivity contribution in [2.45, 2.75) is 254 Å². The Hall–Kier alpha value is -4.19. The molecule has 0 unspecified atom stereocenters. The number of Topliss-reactive ketones (excluding diaryl/α,β-unsaturated/α-hetero) is 2. The number of aliphatic carboxylic acids is 1. The molecular formula is C51H90ClN3O15. The molecule has 2 amide bonds. The first kappa shape index (κ1) is 65.8. The molecule has 18 nitrogen and oxygen atoms in total. The zero-order valence-electron chi connectivity index (χ0n) is 44.4. The van der Waals surface area contributed by atoms with E-state index < -0.39 is 52.8 Å². The Morgan fingerprint density at radius 1 is 0.543 bits per heavy atom. The highest BCUT2D eigenvalue weighted by molar-refractivity contribution is 5.86. The molecule has 0 bridgehead atoms. The van der Waals surface area contributed by atoms with Gasteiger partial charge in [-0.1, -0.05) is 26.7 Å². The first-order valence-electron chi connectivity index (χ1n) is 24.4. The number of esters is 1. The van der Waals surface area contributed by atoms with E-state index in [-0.39, 0.29) is 61.8 Å².